The van der Waals surface area contributed by atoms with Crippen LogP contribution in [0.25, 0.3) is 0 Å². The van der Waals surface area contributed by atoms with E-state index in [1.54, 1.807) is 11.8 Å². The van der Waals surface area contributed by atoms with Crippen LogP contribution in [0.4, 0.5) is 5.69 Å². The van der Waals surface area contributed by atoms with Crippen LogP contribution in [0.1, 0.15) is 22.8 Å². The summed E-state index contributed by atoms with van der Waals surface area (Å²) < 4.78 is 0. The minimum absolute atomic E-state index is 0.0852. The summed E-state index contributed by atoms with van der Waals surface area (Å²) >= 11 is 5.91. The van der Waals surface area contributed by atoms with Gasteiger partial charge in [-0.1, -0.05) is 23.7 Å². The molecule has 2 aromatic carbocycles. The van der Waals surface area contributed by atoms with Gasteiger partial charge in [-0.3, -0.25) is 9.59 Å². The van der Waals surface area contributed by atoms with Crippen LogP contribution in [0.5, 0.6) is 0 Å². The van der Waals surface area contributed by atoms with E-state index >= 15 is 0 Å². The Morgan fingerprint density at radius 3 is 2.21 bits per heavy atom. The highest BCUT2D eigenvalue weighted by Gasteiger charge is 2.24. The number of amides is 1. The molecule has 1 fully saturated rings. The number of benzene rings is 2. The molecule has 5 nitrogen and oxygen atoms in total. The van der Waals surface area contributed by atoms with E-state index in [1.165, 1.54) is 4.90 Å². The molecule has 6 heteroatoms. The number of nitrogens with zero attached hydrogens (tertiary/aromatic N) is 2. The summed E-state index contributed by atoms with van der Waals surface area (Å²) in [6.45, 7) is 6.35. The molecule has 3 rings (SSSR count). The fourth-order valence-corrected chi connectivity index (χ4v) is 3.59. The van der Waals surface area contributed by atoms with Crippen molar-refractivity contribution in [3.05, 3.63) is 64.7 Å². The lowest BCUT2D eigenvalue weighted by atomic mass is 10.1. The molecule has 0 spiro atoms. The average molecular weight is 401 g/mol. The standard InChI is InChI=1S/C22H26ClN3O2/c1-17(27)19-5-9-21(10-6-19)26-13-11-25(12-14-26)16-22(28)24(2)15-18-3-7-20(23)8-4-18/h3-10H,11-16H2,1-2H3/p+1. The zero-order valence-corrected chi connectivity index (χ0v) is 17.2. The number of likely N-dealkylation sites (N-methyl/N-ethyl adjacent to an activating group) is 1. The molecule has 0 unspecified atom stereocenters. The van der Waals surface area contributed by atoms with Crippen LogP contribution in [0, 0.1) is 0 Å². The molecular weight excluding hydrogens is 374 g/mol. The molecule has 0 aromatic heterocycles. The highest BCUT2D eigenvalue weighted by molar-refractivity contribution is 6.30. The molecule has 148 valence electrons. The first-order valence-electron chi connectivity index (χ1n) is 9.60. The number of rotatable bonds is 6. The number of carbonyl (C=O) groups excluding carboxylic acids is 2. The van der Waals surface area contributed by atoms with Gasteiger partial charge in [0.1, 0.15) is 0 Å². The molecule has 1 aliphatic rings. The maximum atomic E-state index is 12.6. The Hall–Kier alpha value is -2.37. The molecule has 0 bridgehead atoms. The van der Waals surface area contributed by atoms with Crippen LogP contribution in [0.3, 0.4) is 0 Å². The first-order valence-corrected chi connectivity index (χ1v) is 9.98. The van der Waals surface area contributed by atoms with Crippen molar-refractivity contribution < 1.29 is 14.5 Å². The Balaban J connectivity index is 1.47. The summed E-state index contributed by atoms with van der Waals surface area (Å²) in [6, 6.07) is 15.4. The van der Waals surface area contributed by atoms with Gasteiger partial charge in [0, 0.05) is 29.9 Å². The number of anilines is 1. The quantitative estimate of drug-likeness (QED) is 0.753. The second kappa shape index (κ2) is 9.22. The number of hydrogen-bond acceptors (Lipinski definition) is 3. The number of quaternary nitrogens is 1. The van der Waals surface area contributed by atoms with E-state index in [-0.39, 0.29) is 11.7 Å². The lowest BCUT2D eigenvalue weighted by Crippen LogP contribution is -3.15. The van der Waals surface area contributed by atoms with Crippen molar-refractivity contribution in [2.75, 3.05) is 44.7 Å². The third kappa shape index (κ3) is 5.33. The third-order valence-corrected chi connectivity index (χ3v) is 5.52. The minimum atomic E-state index is 0.0852. The van der Waals surface area contributed by atoms with E-state index in [1.807, 2.05) is 55.6 Å². The molecule has 1 saturated heterocycles. The highest BCUT2D eigenvalue weighted by atomic mass is 35.5. The van der Waals surface area contributed by atoms with Gasteiger partial charge in [-0.25, -0.2) is 0 Å². The lowest BCUT2D eigenvalue weighted by molar-refractivity contribution is -0.892. The van der Waals surface area contributed by atoms with Crippen molar-refractivity contribution in [2.24, 2.45) is 0 Å². The second-order valence-electron chi connectivity index (χ2n) is 7.39. The number of ketones is 1. The Morgan fingerprint density at radius 1 is 1.04 bits per heavy atom. The smallest absolute Gasteiger partial charge is 0.277 e. The number of hydrogen-bond donors (Lipinski definition) is 1. The predicted octanol–water partition coefficient (Wildman–Crippen LogP) is 1.91. The van der Waals surface area contributed by atoms with Gasteiger partial charge < -0.3 is 14.7 Å². The molecule has 1 heterocycles. The summed E-state index contributed by atoms with van der Waals surface area (Å²) in [5, 5.41) is 0.705. The molecule has 0 aliphatic carbocycles. The SMILES string of the molecule is CC(=O)c1ccc(N2CC[NH+](CC(=O)N(C)Cc3ccc(Cl)cc3)CC2)cc1. The fraction of sp³-hybridized carbons (Fsp3) is 0.364. The maximum absolute atomic E-state index is 12.6. The number of piperazine rings is 1. The summed E-state index contributed by atoms with van der Waals surface area (Å²) in [5.74, 6) is 0.242. The van der Waals surface area contributed by atoms with Crippen LogP contribution in [0.2, 0.25) is 5.02 Å². The molecule has 28 heavy (non-hydrogen) atoms. The highest BCUT2D eigenvalue weighted by Crippen LogP contribution is 2.15. The van der Waals surface area contributed by atoms with Crippen molar-refractivity contribution >= 4 is 29.0 Å². The lowest BCUT2D eigenvalue weighted by Gasteiger charge is -2.34. The van der Waals surface area contributed by atoms with Gasteiger partial charge in [0.25, 0.3) is 5.91 Å². The predicted molar refractivity (Wildman–Crippen MR) is 112 cm³/mol. The second-order valence-corrected chi connectivity index (χ2v) is 7.83. The maximum Gasteiger partial charge on any atom is 0.277 e. The Bertz CT molecular complexity index is 813. The number of carbonyl (C=O) groups is 2. The molecule has 0 atom stereocenters. The van der Waals surface area contributed by atoms with Gasteiger partial charge in [-0.2, -0.15) is 0 Å². The zero-order valence-electron chi connectivity index (χ0n) is 16.5. The molecular formula is C22H27ClN3O2+. The molecule has 0 saturated carbocycles. The van der Waals surface area contributed by atoms with Gasteiger partial charge in [0.2, 0.25) is 0 Å². The summed E-state index contributed by atoms with van der Waals surface area (Å²) in [5.41, 5.74) is 2.95. The Labute approximate surface area is 171 Å². The van der Waals surface area contributed by atoms with Crippen molar-refractivity contribution in [3.63, 3.8) is 0 Å². The van der Waals surface area contributed by atoms with E-state index in [4.69, 9.17) is 11.6 Å². The molecule has 1 aliphatic heterocycles. The summed E-state index contributed by atoms with van der Waals surface area (Å²) in [7, 11) is 1.85. The summed E-state index contributed by atoms with van der Waals surface area (Å²) in [4.78, 5) is 29.4. The molecule has 1 N–H and O–H groups in total. The van der Waals surface area contributed by atoms with Gasteiger partial charge >= 0.3 is 0 Å². The van der Waals surface area contributed by atoms with E-state index < -0.39 is 0 Å². The normalized spacial score (nSPS) is 14.8. The van der Waals surface area contributed by atoms with E-state index in [0.29, 0.717) is 18.1 Å². The van der Waals surface area contributed by atoms with Crippen LogP contribution in [-0.2, 0) is 11.3 Å². The van der Waals surface area contributed by atoms with Crippen molar-refractivity contribution in [1.82, 2.24) is 4.90 Å². The van der Waals surface area contributed by atoms with Gasteiger partial charge in [0.15, 0.2) is 12.3 Å². The van der Waals surface area contributed by atoms with Crippen LogP contribution >= 0.6 is 11.6 Å². The molecule has 2 aromatic rings. The van der Waals surface area contributed by atoms with Gasteiger partial charge in [-0.15, -0.1) is 0 Å². The largest absolute Gasteiger partial charge is 0.360 e. The number of halogens is 1. The zero-order chi connectivity index (χ0) is 20.1. The first kappa shape index (κ1) is 20.4. The molecule has 1 amide bonds. The monoisotopic (exact) mass is 400 g/mol. The number of nitrogens with one attached hydrogen (secondary N) is 1. The van der Waals surface area contributed by atoms with Crippen molar-refractivity contribution in [3.8, 4) is 0 Å². The summed E-state index contributed by atoms with van der Waals surface area (Å²) in [6.07, 6.45) is 0. The van der Waals surface area contributed by atoms with E-state index in [9.17, 15) is 9.59 Å². The average Bonchev–Trinajstić information content (AvgIpc) is 2.70. The minimum Gasteiger partial charge on any atom is -0.360 e. The van der Waals surface area contributed by atoms with E-state index in [0.717, 1.165) is 43.0 Å². The van der Waals surface area contributed by atoms with Crippen molar-refractivity contribution in [1.29, 1.82) is 0 Å². The van der Waals surface area contributed by atoms with Crippen LogP contribution in [-0.4, -0.2) is 56.4 Å². The number of Topliss-reactive ketones (excluding diaryl/α,β-unsaturated/α-hetero) is 1. The van der Waals surface area contributed by atoms with Gasteiger partial charge in [-0.05, 0) is 48.9 Å². The van der Waals surface area contributed by atoms with Crippen LogP contribution in [0.15, 0.2) is 48.5 Å². The Kier molecular flexibility index (Phi) is 6.70. The van der Waals surface area contributed by atoms with E-state index in [2.05, 4.69) is 4.90 Å². The molecule has 0 radical (unpaired) electrons. The van der Waals surface area contributed by atoms with Gasteiger partial charge in [0.05, 0.1) is 26.2 Å². The third-order valence-electron chi connectivity index (χ3n) is 5.27. The van der Waals surface area contributed by atoms with Crippen molar-refractivity contribution in [2.45, 2.75) is 13.5 Å². The Morgan fingerprint density at radius 2 is 1.64 bits per heavy atom. The first-order chi connectivity index (χ1) is 13.4. The topological polar surface area (TPSA) is 45.1 Å². The van der Waals surface area contributed by atoms with Crippen LogP contribution < -0.4 is 9.80 Å². The fourth-order valence-electron chi connectivity index (χ4n) is 3.47.